The minimum absolute atomic E-state index is 0.0388. The minimum atomic E-state index is -0.710. The van der Waals surface area contributed by atoms with Crippen LogP contribution in [0.25, 0.3) is 0 Å². The number of benzene rings is 1. The molecular formula is C12H11FN2O2. The van der Waals surface area contributed by atoms with Gasteiger partial charge in [0.1, 0.15) is 23.7 Å². The van der Waals surface area contributed by atoms with E-state index in [1.807, 2.05) is 0 Å². The predicted octanol–water partition coefficient (Wildman–Crippen LogP) is 2.04. The Kier molecular flexibility index (Phi) is 3.83. The number of rotatable bonds is 3. The summed E-state index contributed by atoms with van der Waals surface area (Å²) in [7, 11) is 3.39. The van der Waals surface area contributed by atoms with Gasteiger partial charge in [-0.2, -0.15) is 5.26 Å². The first-order chi connectivity index (χ1) is 8.01. The van der Waals surface area contributed by atoms with E-state index >= 15 is 0 Å². The van der Waals surface area contributed by atoms with Crippen LogP contribution in [0.5, 0.6) is 0 Å². The fourth-order valence-corrected chi connectivity index (χ4v) is 1.36. The van der Waals surface area contributed by atoms with Gasteiger partial charge >= 0.3 is 0 Å². The maximum Gasteiger partial charge on any atom is 0.208 e. The molecule has 0 aliphatic carbocycles. The van der Waals surface area contributed by atoms with E-state index in [0.717, 1.165) is 6.07 Å². The zero-order valence-electron chi connectivity index (χ0n) is 9.44. The number of nitriles is 1. The fraction of sp³-hybridized carbons (Fsp3) is 0.167. The Hall–Kier alpha value is -2.35. The van der Waals surface area contributed by atoms with Crippen LogP contribution in [0.15, 0.2) is 30.0 Å². The van der Waals surface area contributed by atoms with Crippen LogP contribution in [0, 0.1) is 17.1 Å². The molecule has 0 heterocycles. The molecule has 0 amide bonds. The van der Waals surface area contributed by atoms with Crippen LogP contribution in [-0.4, -0.2) is 25.0 Å². The van der Waals surface area contributed by atoms with E-state index < -0.39 is 17.2 Å². The van der Waals surface area contributed by atoms with Gasteiger partial charge in [-0.1, -0.05) is 0 Å². The van der Waals surface area contributed by atoms with Gasteiger partial charge in [0.25, 0.3) is 0 Å². The molecule has 1 N–H and O–H groups in total. The number of carbonyl (C=O) groups is 1. The monoisotopic (exact) mass is 234 g/mol. The second-order valence-electron chi connectivity index (χ2n) is 3.54. The number of hydrogen-bond donors (Lipinski definition) is 1. The molecule has 0 aromatic heterocycles. The molecule has 0 radical (unpaired) electrons. The summed E-state index contributed by atoms with van der Waals surface area (Å²) in [4.78, 5) is 13.5. The van der Waals surface area contributed by atoms with Crippen LogP contribution < -0.4 is 4.90 Å². The predicted molar refractivity (Wildman–Crippen MR) is 61.4 cm³/mol. The third-order valence-electron chi connectivity index (χ3n) is 2.18. The maximum absolute atomic E-state index is 13.1. The smallest absolute Gasteiger partial charge is 0.208 e. The van der Waals surface area contributed by atoms with Gasteiger partial charge in [-0.25, -0.2) is 4.39 Å². The highest BCUT2D eigenvalue weighted by molar-refractivity contribution is 6.14. The van der Waals surface area contributed by atoms with Crippen LogP contribution in [0.3, 0.4) is 0 Å². The van der Waals surface area contributed by atoms with Crippen molar-refractivity contribution in [3.8, 4) is 6.07 Å². The summed E-state index contributed by atoms with van der Waals surface area (Å²) in [5.74, 6) is -1.28. The second-order valence-corrected chi connectivity index (χ2v) is 3.54. The molecule has 0 aliphatic rings. The van der Waals surface area contributed by atoms with E-state index in [9.17, 15) is 9.18 Å². The highest BCUT2D eigenvalue weighted by atomic mass is 19.1. The molecule has 0 atom stereocenters. The standard InChI is InChI=1S/C12H11FN2O2/c1-15(2)11-4-3-9(13)5-10(11)12(17)8(6-14)7-16/h3-5,7,16H,1-2H3. The molecule has 1 aromatic carbocycles. The fourth-order valence-electron chi connectivity index (χ4n) is 1.36. The average molecular weight is 234 g/mol. The molecule has 4 nitrogen and oxygen atoms in total. The second kappa shape index (κ2) is 5.12. The molecule has 17 heavy (non-hydrogen) atoms. The first kappa shape index (κ1) is 12.7. The van der Waals surface area contributed by atoms with E-state index in [1.165, 1.54) is 12.1 Å². The first-order valence-corrected chi connectivity index (χ1v) is 4.77. The molecule has 0 fully saturated rings. The Labute approximate surface area is 98.2 Å². The summed E-state index contributed by atoms with van der Waals surface area (Å²) in [6, 6.07) is 5.26. The van der Waals surface area contributed by atoms with Crippen LogP contribution in [0.2, 0.25) is 0 Å². The van der Waals surface area contributed by atoms with E-state index in [1.54, 1.807) is 25.1 Å². The van der Waals surface area contributed by atoms with Gasteiger partial charge in [-0.15, -0.1) is 0 Å². The van der Waals surface area contributed by atoms with Crippen molar-refractivity contribution in [3.05, 3.63) is 41.4 Å². The van der Waals surface area contributed by atoms with Crippen LogP contribution in [0.4, 0.5) is 10.1 Å². The van der Waals surface area contributed by atoms with Gasteiger partial charge in [-0.3, -0.25) is 4.79 Å². The van der Waals surface area contributed by atoms with E-state index in [4.69, 9.17) is 10.4 Å². The Morgan fingerprint density at radius 2 is 2.18 bits per heavy atom. The summed E-state index contributed by atoms with van der Waals surface area (Å²) >= 11 is 0. The number of halogens is 1. The summed E-state index contributed by atoms with van der Waals surface area (Å²) < 4.78 is 13.1. The van der Waals surface area contributed by atoms with E-state index in [2.05, 4.69) is 0 Å². The van der Waals surface area contributed by atoms with Crippen molar-refractivity contribution in [1.82, 2.24) is 0 Å². The van der Waals surface area contributed by atoms with Gasteiger partial charge in [0.15, 0.2) is 0 Å². The summed E-state index contributed by atoms with van der Waals surface area (Å²) in [5.41, 5.74) is 0.0848. The van der Waals surface area contributed by atoms with Gasteiger partial charge in [-0.05, 0) is 18.2 Å². The Bertz CT molecular complexity index is 516. The number of aliphatic hydroxyl groups is 1. The average Bonchev–Trinajstić information content (AvgIpc) is 2.29. The van der Waals surface area contributed by atoms with E-state index in [-0.39, 0.29) is 5.56 Å². The van der Waals surface area contributed by atoms with Crippen molar-refractivity contribution < 1.29 is 14.3 Å². The molecule has 0 aliphatic heterocycles. The Morgan fingerprint density at radius 3 is 2.65 bits per heavy atom. The molecule has 0 spiro atoms. The van der Waals surface area contributed by atoms with Crippen molar-refractivity contribution in [1.29, 1.82) is 5.26 Å². The van der Waals surface area contributed by atoms with Crippen molar-refractivity contribution in [2.45, 2.75) is 0 Å². The highest BCUT2D eigenvalue weighted by Crippen LogP contribution is 2.22. The number of ketones is 1. The molecular weight excluding hydrogens is 223 g/mol. The summed E-state index contributed by atoms with van der Waals surface area (Å²) in [6.45, 7) is 0. The summed E-state index contributed by atoms with van der Waals surface area (Å²) in [5, 5.41) is 17.4. The zero-order chi connectivity index (χ0) is 13.0. The van der Waals surface area contributed by atoms with Gasteiger partial charge in [0.2, 0.25) is 5.78 Å². The number of aliphatic hydroxyl groups excluding tert-OH is 1. The van der Waals surface area contributed by atoms with Crippen molar-refractivity contribution >= 4 is 11.5 Å². The highest BCUT2D eigenvalue weighted by Gasteiger charge is 2.18. The third kappa shape index (κ3) is 2.61. The third-order valence-corrected chi connectivity index (χ3v) is 2.18. The largest absolute Gasteiger partial charge is 0.514 e. The SMILES string of the molecule is CN(C)c1ccc(F)cc1C(=O)C(C#N)=CO. The molecule has 0 unspecified atom stereocenters. The summed E-state index contributed by atoms with van der Waals surface area (Å²) in [6.07, 6.45) is 0.423. The Balaban J connectivity index is 3.35. The molecule has 88 valence electrons. The molecule has 0 saturated heterocycles. The van der Waals surface area contributed by atoms with Gasteiger partial charge < -0.3 is 10.0 Å². The lowest BCUT2D eigenvalue weighted by atomic mass is 10.0. The first-order valence-electron chi connectivity index (χ1n) is 4.77. The van der Waals surface area contributed by atoms with E-state index in [0.29, 0.717) is 11.9 Å². The van der Waals surface area contributed by atoms with Crippen molar-refractivity contribution in [2.75, 3.05) is 19.0 Å². The van der Waals surface area contributed by atoms with Gasteiger partial charge in [0.05, 0.1) is 0 Å². The number of nitrogens with zero attached hydrogens (tertiary/aromatic N) is 2. The lowest BCUT2D eigenvalue weighted by molar-refractivity contribution is 0.103. The molecule has 5 heteroatoms. The van der Waals surface area contributed by atoms with Crippen molar-refractivity contribution in [3.63, 3.8) is 0 Å². The molecule has 0 saturated carbocycles. The lowest BCUT2D eigenvalue weighted by Gasteiger charge is -2.16. The zero-order valence-corrected chi connectivity index (χ0v) is 9.44. The topological polar surface area (TPSA) is 64.3 Å². The van der Waals surface area contributed by atoms with Crippen LogP contribution >= 0.6 is 0 Å². The Morgan fingerprint density at radius 1 is 1.53 bits per heavy atom. The molecule has 1 rings (SSSR count). The normalized spacial score (nSPS) is 10.8. The quantitative estimate of drug-likeness (QED) is 0.376. The maximum atomic E-state index is 13.1. The minimum Gasteiger partial charge on any atom is -0.514 e. The lowest BCUT2D eigenvalue weighted by Crippen LogP contribution is -2.15. The van der Waals surface area contributed by atoms with Crippen LogP contribution in [0.1, 0.15) is 10.4 Å². The van der Waals surface area contributed by atoms with Crippen LogP contribution in [-0.2, 0) is 0 Å². The number of anilines is 1. The number of allylic oxidation sites excluding steroid dienone is 1. The molecule has 1 aromatic rings. The van der Waals surface area contributed by atoms with Crippen molar-refractivity contribution in [2.24, 2.45) is 0 Å². The number of hydrogen-bond acceptors (Lipinski definition) is 4. The number of carbonyl (C=O) groups excluding carboxylic acids is 1. The molecule has 0 bridgehead atoms. The number of Topliss-reactive ketones (excluding diaryl/α,β-unsaturated/α-hetero) is 1. The van der Waals surface area contributed by atoms with Gasteiger partial charge in [0, 0.05) is 25.3 Å².